The van der Waals surface area contributed by atoms with E-state index in [1.807, 2.05) is 0 Å². The zero-order valence-electron chi connectivity index (χ0n) is 9.94. The first-order chi connectivity index (χ1) is 7.40. The molecular weight excluding hydrogens is 204 g/mol. The summed E-state index contributed by atoms with van der Waals surface area (Å²) in [6, 6.07) is 0. The Morgan fingerprint density at radius 2 is 2.19 bits per heavy atom. The van der Waals surface area contributed by atoms with Crippen molar-refractivity contribution in [2.75, 3.05) is 0 Å². The molecule has 1 rings (SSSR count). The van der Waals surface area contributed by atoms with Crippen molar-refractivity contribution in [3.05, 3.63) is 0 Å². The molecule has 0 spiro atoms. The van der Waals surface area contributed by atoms with E-state index in [4.69, 9.17) is 6.42 Å². The second-order valence-corrected chi connectivity index (χ2v) is 5.31. The third-order valence-electron chi connectivity index (χ3n) is 3.82. The molecule has 3 atom stereocenters. The maximum atomic E-state index is 11.2. The molecule has 0 heterocycles. The molecule has 3 heteroatoms. The van der Waals surface area contributed by atoms with Gasteiger partial charge in [-0.3, -0.25) is 4.79 Å². The van der Waals surface area contributed by atoms with Crippen molar-refractivity contribution in [3.63, 3.8) is 0 Å². The summed E-state index contributed by atoms with van der Waals surface area (Å²) in [5.74, 6) is 0.945. The van der Waals surface area contributed by atoms with Crippen molar-refractivity contribution in [1.82, 2.24) is 0 Å². The molecule has 0 radical (unpaired) electrons. The normalized spacial score (nSPS) is 33.0. The highest BCUT2D eigenvalue weighted by molar-refractivity contribution is 5.71. The van der Waals surface area contributed by atoms with E-state index in [2.05, 4.69) is 19.8 Å². The highest BCUT2D eigenvalue weighted by atomic mass is 16.4. The summed E-state index contributed by atoms with van der Waals surface area (Å²) in [5, 5.41) is 19.0. The Bertz CT molecular complexity index is 301. The Labute approximate surface area is 96.9 Å². The molecule has 0 amide bonds. The third kappa shape index (κ3) is 2.56. The largest absolute Gasteiger partial charge is 0.481 e. The van der Waals surface area contributed by atoms with Gasteiger partial charge in [-0.25, -0.2) is 0 Å². The van der Waals surface area contributed by atoms with Gasteiger partial charge in [0.25, 0.3) is 0 Å². The van der Waals surface area contributed by atoms with Crippen molar-refractivity contribution in [2.45, 2.75) is 45.6 Å². The van der Waals surface area contributed by atoms with Crippen LogP contribution < -0.4 is 0 Å². The van der Waals surface area contributed by atoms with Crippen LogP contribution in [0.25, 0.3) is 0 Å². The van der Waals surface area contributed by atoms with Crippen LogP contribution in [0.3, 0.4) is 0 Å². The molecule has 1 saturated carbocycles. The SMILES string of the molecule is C#CCC[C@@H]1[C@H](C(=O)O)[C@H](O)CCC1(C)C. The molecular formula is C13H20O3. The standard InChI is InChI=1S/C13H20O3/c1-4-5-6-9-11(12(15)16)10(14)7-8-13(9,2)3/h1,9-11,14H,5-8H2,2-3H3,(H,15,16)/t9-,10-,11+/m1/s1. The quantitative estimate of drug-likeness (QED) is 0.720. The zero-order valence-corrected chi connectivity index (χ0v) is 9.94. The lowest BCUT2D eigenvalue weighted by atomic mass is 9.61. The van der Waals surface area contributed by atoms with Crippen LogP contribution >= 0.6 is 0 Å². The highest BCUT2D eigenvalue weighted by Gasteiger charge is 2.46. The topological polar surface area (TPSA) is 57.5 Å². The van der Waals surface area contributed by atoms with Gasteiger partial charge < -0.3 is 10.2 Å². The second kappa shape index (κ2) is 4.88. The van der Waals surface area contributed by atoms with Gasteiger partial charge in [0.15, 0.2) is 0 Å². The number of aliphatic carboxylic acids is 1. The molecule has 0 bridgehead atoms. The Kier molecular flexibility index (Phi) is 3.98. The van der Waals surface area contributed by atoms with Crippen molar-refractivity contribution >= 4 is 5.97 Å². The fourth-order valence-electron chi connectivity index (χ4n) is 2.78. The summed E-state index contributed by atoms with van der Waals surface area (Å²) in [5.41, 5.74) is -0.0564. The average Bonchev–Trinajstić information content (AvgIpc) is 2.18. The molecule has 0 aromatic carbocycles. The number of carboxylic acid groups (broad SMARTS) is 1. The lowest BCUT2D eigenvalue weighted by Gasteiger charge is -2.44. The van der Waals surface area contributed by atoms with Crippen LogP contribution in [-0.2, 0) is 4.79 Å². The molecule has 1 aliphatic rings. The van der Waals surface area contributed by atoms with Crippen LogP contribution in [0, 0.1) is 29.6 Å². The molecule has 2 N–H and O–H groups in total. The van der Waals surface area contributed by atoms with Crippen molar-refractivity contribution < 1.29 is 15.0 Å². The van der Waals surface area contributed by atoms with Gasteiger partial charge in [-0.15, -0.1) is 12.3 Å². The van der Waals surface area contributed by atoms with E-state index in [0.717, 1.165) is 6.42 Å². The zero-order chi connectivity index (χ0) is 12.3. The Hall–Kier alpha value is -1.01. The Morgan fingerprint density at radius 1 is 1.56 bits per heavy atom. The number of carboxylic acids is 1. The van der Waals surface area contributed by atoms with E-state index in [1.165, 1.54) is 0 Å². The summed E-state index contributed by atoms with van der Waals surface area (Å²) in [6.07, 6.45) is 7.17. The fraction of sp³-hybridized carbons (Fsp3) is 0.769. The molecule has 0 saturated heterocycles. The van der Waals surface area contributed by atoms with Crippen molar-refractivity contribution in [3.8, 4) is 12.3 Å². The first-order valence-corrected chi connectivity index (χ1v) is 5.74. The van der Waals surface area contributed by atoms with E-state index >= 15 is 0 Å². The number of carbonyl (C=O) groups is 1. The predicted octanol–water partition coefficient (Wildman–Crippen LogP) is 1.90. The van der Waals surface area contributed by atoms with Crippen LogP contribution in [0.5, 0.6) is 0 Å². The number of aliphatic hydroxyl groups is 1. The first-order valence-electron chi connectivity index (χ1n) is 5.74. The molecule has 0 unspecified atom stereocenters. The summed E-state index contributed by atoms with van der Waals surface area (Å²) < 4.78 is 0. The van der Waals surface area contributed by atoms with E-state index in [9.17, 15) is 15.0 Å². The number of hydrogen-bond donors (Lipinski definition) is 2. The number of terminal acetylenes is 1. The lowest BCUT2D eigenvalue weighted by molar-refractivity contribution is -0.156. The summed E-state index contributed by atoms with van der Waals surface area (Å²) >= 11 is 0. The first kappa shape index (κ1) is 13.1. The minimum Gasteiger partial charge on any atom is -0.481 e. The van der Waals surface area contributed by atoms with E-state index < -0.39 is 18.0 Å². The lowest BCUT2D eigenvalue weighted by Crippen LogP contribution is -2.46. The van der Waals surface area contributed by atoms with Gasteiger partial charge in [0.1, 0.15) is 0 Å². The van der Waals surface area contributed by atoms with Crippen LogP contribution in [0.1, 0.15) is 39.5 Å². The fourth-order valence-corrected chi connectivity index (χ4v) is 2.78. The summed E-state index contributed by atoms with van der Waals surface area (Å²) in [4.78, 5) is 11.2. The van der Waals surface area contributed by atoms with Gasteiger partial charge >= 0.3 is 5.97 Å². The summed E-state index contributed by atoms with van der Waals surface area (Å²) in [6.45, 7) is 4.13. The van der Waals surface area contributed by atoms with Crippen LogP contribution in [0.4, 0.5) is 0 Å². The minimum absolute atomic E-state index is 0.0372. The average molecular weight is 224 g/mol. The molecule has 90 valence electrons. The molecule has 1 fully saturated rings. The Morgan fingerprint density at radius 3 is 2.69 bits per heavy atom. The van der Waals surface area contributed by atoms with Gasteiger partial charge in [-0.2, -0.15) is 0 Å². The van der Waals surface area contributed by atoms with Gasteiger partial charge in [-0.05, 0) is 30.6 Å². The second-order valence-electron chi connectivity index (χ2n) is 5.31. The molecule has 0 aromatic rings. The van der Waals surface area contributed by atoms with E-state index in [-0.39, 0.29) is 11.3 Å². The number of rotatable bonds is 3. The van der Waals surface area contributed by atoms with Crippen LogP contribution in [-0.4, -0.2) is 22.3 Å². The summed E-state index contributed by atoms with van der Waals surface area (Å²) in [7, 11) is 0. The monoisotopic (exact) mass is 224 g/mol. The van der Waals surface area contributed by atoms with Gasteiger partial charge in [0, 0.05) is 6.42 Å². The highest BCUT2D eigenvalue weighted by Crippen LogP contribution is 2.46. The maximum absolute atomic E-state index is 11.2. The van der Waals surface area contributed by atoms with Gasteiger partial charge in [-0.1, -0.05) is 13.8 Å². The van der Waals surface area contributed by atoms with E-state index in [1.54, 1.807) is 0 Å². The molecule has 3 nitrogen and oxygen atoms in total. The van der Waals surface area contributed by atoms with E-state index in [0.29, 0.717) is 19.3 Å². The number of hydrogen-bond acceptors (Lipinski definition) is 2. The van der Waals surface area contributed by atoms with Gasteiger partial charge in [0.05, 0.1) is 12.0 Å². The molecule has 0 aromatic heterocycles. The van der Waals surface area contributed by atoms with Gasteiger partial charge in [0.2, 0.25) is 0 Å². The smallest absolute Gasteiger partial charge is 0.309 e. The molecule has 0 aliphatic heterocycles. The minimum atomic E-state index is -0.901. The maximum Gasteiger partial charge on any atom is 0.309 e. The van der Waals surface area contributed by atoms with Crippen molar-refractivity contribution in [2.24, 2.45) is 17.3 Å². The van der Waals surface area contributed by atoms with Crippen LogP contribution in [0.2, 0.25) is 0 Å². The predicted molar refractivity (Wildman–Crippen MR) is 61.7 cm³/mol. The third-order valence-corrected chi connectivity index (χ3v) is 3.82. The Balaban J connectivity index is 2.90. The molecule has 16 heavy (non-hydrogen) atoms. The van der Waals surface area contributed by atoms with Crippen LogP contribution in [0.15, 0.2) is 0 Å². The number of aliphatic hydroxyl groups excluding tert-OH is 1. The molecule has 1 aliphatic carbocycles. The van der Waals surface area contributed by atoms with Crippen molar-refractivity contribution in [1.29, 1.82) is 0 Å².